The number of hydrogen-bond acceptors (Lipinski definition) is 4. The number of hydrogen-bond donors (Lipinski definition) is 1. The largest absolute Gasteiger partial charge is 0.481 e. The fraction of sp³-hybridized carbons (Fsp3) is 0.500. The summed E-state index contributed by atoms with van der Waals surface area (Å²) in [6.45, 7) is 1.98. The normalized spacial score (nSPS) is 24.8. The number of aliphatic carboxylic acids is 1. The Hall–Kier alpha value is -1.89. The predicted octanol–water partition coefficient (Wildman–Crippen LogP) is 0.753. The second-order valence-corrected chi connectivity index (χ2v) is 6.33. The highest BCUT2D eigenvalue weighted by atomic mass is 32.1. The number of carbonyl (C=O) groups excluding carboxylic acids is 2. The Labute approximate surface area is 126 Å². The Kier molecular flexibility index (Phi) is 3.67. The van der Waals surface area contributed by atoms with Crippen molar-refractivity contribution in [3.05, 3.63) is 22.4 Å². The average Bonchev–Trinajstić information content (AvgIpc) is 3.12. The number of amides is 2. The van der Waals surface area contributed by atoms with Gasteiger partial charge in [-0.1, -0.05) is 6.07 Å². The first-order valence-corrected chi connectivity index (χ1v) is 7.80. The lowest BCUT2D eigenvalue weighted by molar-refractivity contribution is -0.142. The molecule has 2 atom stereocenters. The van der Waals surface area contributed by atoms with Gasteiger partial charge in [-0.15, -0.1) is 11.3 Å². The number of piperazine rings is 1. The molecule has 3 rings (SSSR count). The summed E-state index contributed by atoms with van der Waals surface area (Å²) in [6, 6.07) is 3.64. The summed E-state index contributed by atoms with van der Waals surface area (Å²) in [4.78, 5) is 39.3. The van der Waals surface area contributed by atoms with Crippen molar-refractivity contribution in [1.82, 2.24) is 9.80 Å². The van der Waals surface area contributed by atoms with Gasteiger partial charge in [0.15, 0.2) is 0 Å². The number of carboxylic acids is 1. The molecule has 1 aliphatic heterocycles. The molecule has 1 saturated carbocycles. The molecule has 1 saturated heterocycles. The van der Waals surface area contributed by atoms with Gasteiger partial charge in [0.1, 0.15) is 0 Å². The maximum atomic E-state index is 12.2. The summed E-state index contributed by atoms with van der Waals surface area (Å²) in [5.74, 6) is -1.83. The van der Waals surface area contributed by atoms with Gasteiger partial charge in [0, 0.05) is 26.2 Å². The fourth-order valence-corrected chi connectivity index (χ4v) is 3.35. The van der Waals surface area contributed by atoms with E-state index in [4.69, 9.17) is 5.11 Å². The summed E-state index contributed by atoms with van der Waals surface area (Å²) in [6.07, 6.45) is 0.447. The monoisotopic (exact) mass is 308 g/mol. The third-order valence-electron chi connectivity index (χ3n) is 4.04. The zero-order valence-electron chi connectivity index (χ0n) is 11.4. The van der Waals surface area contributed by atoms with E-state index in [9.17, 15) is 14.4 Å². The summed E-state index contributed by atoms with van der Waals surface area (Å²) in [5.41, 5.74) is 0. The van der Waals surface area contributed by atoms with Crippen LogP contribution < -0.4 is 0 Å². The number of carboxylic acid groups (broad SMARTS) is 1. The molecular weight excluding hydrogens is 292 g/mol. The van der Waals surface area contributed by atoms with E-state index in [0.717, 1.165) is 0 Å². The lowest BCUT2D eigenvalue weighted by Crippen LogP contribution is -2.51. The van der Waals surface area contributed by atoms with Gasteiger partial charge in [0.25, 0.3) is 5.91 Å². The standard InChI is InChI=1S/C14H16N2O4S/c17-12(9-8-10(9)14(19)20)15-3-5-16(6-4-15)13(18)11-2-1-7-21-11/h1-2,7,9-10H,3-6,8H2,(H,19,20)/t9-,10+/m1/s1. The lowest BCUT2D eigenvalue weighted by atomic mass is 10.2. The van der Waals surface area contributed by atoms with Gasteiger partial charge in [-0.2, -0.15) is 0 Å². The van der Waals surface area contributed by atoms with Crippen LogP contribution in [-0.4, -0.2) is 58.9 Å². The van der Waals surface area contributed by atoms with E-state index in [1.165, 1.54) is 11.3 Å². The lowest BCUT2D eigenvalue weighted by Gasteiger charge is -2.34. The van der Waals surface area contributed by atoms with E-state index in [1.54, 1.807) is 15.9 Å². The number of thiophene rings is 1. The van der Waals surface area contributed by atoms with Crippen LogP contribution >= 0.6 is 11.3 Å². The Morgan fingerprint density at radius 3 is 2.29 bits per heavy atom. The number of rotatable bonds is 3. The zero-order valence-corrected chi connectivity index (χ0v) is 12.2. The van der Waals surface area contributed by atoms with E-state index in [0.29, 0.717) is 37.5 Å². The molecule has 2 amide bonds. The van der Waals surface area contributed by atoms with Crippen molar-refractivity contribution in [2.45, 2.75) is 6.42 Å². The molecular formula is C14H16N2O4S. The first-order valence-electron chi connectivity index (χ1n) is 6.92. The van der Waals surface area contributed by atoms with Crippen LogP contribution in [-0.2, 0) is 9.59 Å². The van der Waals surface area contributed by atoms with Crippen LogP contribution in [0.25, 0.3) is 0 Å². The molecule has 0 spiro atoms. The van der Waals surface area contributed by atoms with Crippen LogP contribution in [0, 0.1) is 11.8 Å². The van der Waals surface area contributed by atoms with Crippen LogP contribution in [0.15, 0.2) is 17.5 Å². The van der Waals surface area contributed by atoms with Crippen molar-refractivity contribution in [1.29, 1.82) is 0 Å². The van der Waals surface area contributed by atoms with Crippen molar-refractivity contribution in [2.24, 2.45) is 11.8 Å². The summed E-state index contributed by atoms with van der Waals surface area (Å²) >= 11 is 1.41. The highest BCUT2D eigenvalue weighted by Crippen LogP contribution is 2.40. The zero-order chi connectivity index (χ0) is 15.0. The van der Waals surface area contributed by atoms with E-state index < -0.39 is 11.9 Å². The van der Waals surface area contributed by atoms with Gasteiger partial charge >= 0.3 is 5.97 Å². The molecule has 6 nitrogen and oxygen atoms in total. The Balaban J connectivity index is 1.53. The van der Waals surface area contributed by atoms with Crippen molar-refractivity contribution in [3.8, 4) is 0 Å². The molecule has 2 heterocycles. The number of carbonyl (C=O) groups is 3. The van der Waals surface area contributed by atoms with Crippen LogP contribution in [0.1, 0.15) is 16.1 Å². The second-order valence-electron chi connectivity index (χ2n) is 5.38. The summed E-state index contributed by atoms with van der Waals surface area (Å²) in [7, 11) is 0. The van der Waals surface area contributed by atoms with E-state index in [-0.39, 0.29) is 17.7 Å². The molecule has 0 unspecified atom stereocenters. The molecule has 2 fully saturated rings. The molecule has 0 bridgehead atoms. The Morgan fingerprint density at radius 2 is 1.76 bits per heavy atom. The van der Waals surface area contributed by atoms with Crippen LogP contribution in [0.3, 0.4) is 0 Å². The Morgan fingerprint density at radius 1 is 1.10 bits per heavy atom. The van der Waals surface area contributed by atoms with Gasteiger partial charge in [-0.05, 0) is 17.9 Å². The van der Waals surface area contributed by atoms with Crippen molar-refractivity contribution < 1.29 is 19.5 Å². The molecule has 0 radical (unpaired) electrons. The van der Waals surface area contributed by atoms with Crippen molar-refractivity contribution >= 4 is 29.1 Å². The van der Waals surface area contributed by atoms with E-state index >= 15 is 0 Å². The van der Waals surface area contributed by atoms with Crippen molar-refractivity contribution in [3.63, 3.8) is 0 Å². The third-order valence-corrected chi connectivity index (χ3v) is 4.89. The summed E-state index contributed by atoms with van der Waals surface area (Å²) < 4.78 is 0. The van der Waals surface area contributed by atoms with Gasteiger partial charge in [0.05, 0.1) is 16.7 Å². The third kappa shape index (κ3) is 2.78. The van der Waals surface area contributed by atoms with Gasteiger partial charge in [-0.3, -0.25) is 14.4 Å². The minimum absolute atomic E-state index is 0.00642. The highest BCUT2D eigenvalue weighted by Gasteiger charge is 2.50. The molecule has 2 aliphatic rings. The van der Waals surface area contributed by atoms with Gasteiger partial charge in [-0.25, -0.2) is 0 Å². The molecule has 1 aromatic heterocycles. The molecule has 112 valence electrons. The second kappa shape index (κ2) is 5.48. The van der Waals surface area contributed by atoms with Gasteiger partial charge < -0.3 is 14.9 Å². The average molecular weight is 308 g/mol. The maximum absolute atomic E-state index is 12.2. The highest BCUT2D eigenvalue weighted by molar-refractivity contribution is 7.12. The first-order chi connectivity index (χ1) is 10.1. The first kappa shape index (κ1) is 14.1. The van der Waals surface area contributed by atoms with Crippen molar-refractivity contribution in [2.75, 3.05) is 26.2 Å². The smallest absolute Gasteiger partial charge is 0.307 e. The quantitative estimate of drug-likeness (QED) is 0.894. The molecule has 0 aromatic carbocycles. The van der Waals surface area contributed by atoms with Gasteiger partial charge in [0.2, 0.25) is 5.91 Å². The van der Waals surface area contributed by atoms with E-state index in [1.807, 2.05) is 11.4 Å². The minimum Gasteiger partial charge on any atom is -0.481 e. The molecule has 1 aliphatic carbocycles. The van der Waals surface area contributed by atoms with Crippen LogP contribution in [0.4, 0.5) is 0 Å². The maximum Gasteiger partial charge on any atom is 0.307 e. The number of nitrogens with zero attached hydrogens (tertiary/aromatic N) is 2. The molecule has 21 heavy (non-hydrogen) atoms. The molecule has 1 aromatic rings. The topological polar surface area (TPSA) is 77.9 Å². The molecule has 1 N–H and O–H groups in total. The Bertz CT molecular complexity index is 564. The molecule has 7 heteroatoms. The fourth-order valence-electron chi connectivity index (χ4n) is 2.66. The minimum atomic E-state index is -0.889. The summed E-state index contributed by atoms with van der Waals surface area (Å²) in [5, 5.41) is 10.7. The van der Waals surface area contributed by atoms with Crippen LogP contribution in [0.2, 0.25) is 0 Å². The van der Waals surface area contributed by atoms with E-state index in [2.05, 4.69) is 0 Å². The SMILES string of the molecule is O=C(O)[C@H]1C[C@H]1C(=O)N1CCN(C(=O)c2cccs2)CC1. The van der Waals surface area contributed by atoms with Crippen LogP contribution in [0.5, 0.6) is 0 Å². The predicted molar refractivity (Wildman–Crippen MR) is 76.0 cm³/mol.